The molecule has 1 fully saturated rings. The molecule has 124 valence electrons. The van der Waals surface area contributed by atoms with Crippen LogP contribution in [-0.4, -0.2) is 17.8 Å². The van der Waals surface area contributed by atoms with Crippen molar-refractivity contribution in [2.75, 3.05) is 6.61 Å². The summed E-state index contributed by atoms with van der Waals surface area (Å²) in [5.41, 5.74) is -0.0882. The molecule has 1 saturated heterocycles. The molecule has 2 rings (SSSR count). The Bertz CT molecular complexity index is 553. The van der Waals surface area contributed by atoms with E-state index < -0.39 is 18.9 Å². The van der Waals surface area contributed by atoms with Gasteiger partial charge in [-0.3, -0.25) is 9.05 Å². The van der Waals surface area contributed by atoms with Gasteiger partial charge in [-0.1, -0.05) is 39.0 Å². The lowest BCUT2D eigenvalue weighted by atomic mass is 9.90. The lowest BCUT2D eigenvalue weighted by Gasteiger charge is -2.29. The van der Waals surface area contributed by atoms with Crippen LogP contribution in [0.5, 0.6) is 0 Å². The Balaban J connectivity index is 2.41. The van der Waals surface area contributed by atoms with Crippen molar-refractivity contribution in [3.05, 3.63) is 30.3 Å². The predicted octanol–water partition coefficient (Wildman–Crippen LogP) is 5.93. The fourth-order valence-corrected chi connectivity index (χ4v) is 4.69. The Labute approximate surface area is 134 Å². The predicted molar refractivity (Wildman–Crippen MR) is 91.2 cm³/mol. The lowest BCUT2D eigenvalue weighted by molar-refractivity contribution is 0.00578. The van der Waals surface area contributed by atoms with Crippen LogP contribution in [0.3, 0.4) is 0 Å². The molecule has 5 heteroatoms. The summed E-state index contributed by atoms with van der Waals surface area (Å²) < 4.78 is 23.4. The molecule has 0 spiro atoms. The molecule has 0 atom stereocenters. The number of nitrogens with zero attached hydrogens (tertiary/aromatic N) is 1. The molecule has 1 aromatic rings. The van der Waals surface area contributed by atoms with Crippen molar-refractivity contribution in [1.82, 2.24) is 0 Å². The Morgan fingerprint density at radius 2 is 1.50 bits per heavy atom. The van der Waals surface area contributed by atoms with Gasteiger partial charge in [-0.25, -0.2) is 0 Å². The van der Waals surface area contributed by atoms with Crippen LogP contribution in [0.25, 0.3) is 0 Å². The van der Waals surface area contributed by atoms with E-state index in [9.17, 15) is 0 Å². The van der Waals surface area contributed by atoms with Crippen LogP contribution in [0.4, 0.5) is 5.69 Å². The van der Waals surface area contributed by atoms with Crippen LogP contribution in [0, 0.1) is 5.41 Å². The van der Waals surface area contributed by atoms with Crippen LogP contribution in [0.1, 0.15) is 48.5 Å². The number of hydrogen-bond acceptors (Lipinski definition) is 4. The number of rotatable bonds is 3. The van der Waals surface area contributed by atoms with E-state index in [2.05, 4.69) is 20.8 Å². The van der Waals surface area contributed by atoms with Gasteiger partial charge in [0.25, 0.3) is 0 Å². The highest BCUT2D eigenvalue weighted by Crippen LogP contribution is 2.68. The summed E-state index contributed by atoms with van der Waals surface area (Å²) in [6, 6.07) is 9.74. The molecule has 4 nitrogen and oxygen atoms in total. The van der Waals surface area contributed by atoms with E-state index >= 15 is 0 Å². The summed E-state index contributed by atoms with van der Waals surface area (Å²) >= 11 is 0. The van der Waals surface area contributed by atoms with E-state index in [1.807, 2.05) is 58.0 Å². The van der Waals surface area contributed by atoms with Crippen molar-refractivity contribution in [2.24, 2.45) is 10.2 Å². The highest BCUT2D eigenvalue weighted by atomic mass is 31.2. The monoisotopic (exact) mass is 325 g/mol. The zero-order valence-electron chi connectivity index (χ0n) is 14.7. The molecular weight excluding hydrogens is 297 g/mol. The zero-order valence-corrected chi connectivity index (χ0v) is 15.6. The molecule has 0 aliphatic carbocycles. The summed E-state index contributed by atoms with van der Waals surface area (Å²) in [6.45, 7) is 15.0. The average Bonchev–Trinajstić information content (AvgIpc) is 2.53. The average molecular weight is 325 g/mol. The molecule has 0 bridgehead atoms. The highest BCUT2D eigenvalue weighted by Gasteiger charge is 2.55. The third-order valence-electron chi connectivity index (χ3n) is 3.79. The minimum atomic E-state index is -2.78. The second kappa shape index (κ2) is 5.76. The van der Waals surface area contributed by atoms with Crippen molar-refractivity contribution in [3.8, 4) is 0 Å². The van der Waals surface area contributed by atoms with Crippen molar-refractivity contribution < 1.29 is 13.6 Å². The zero-order chi connectivity index (χ0) is 16.6. The van der Waals surface area contributed by atoms with Crippen LogP contribution in [-0.2, 0) is 13.6 Å². The molecule has 0 saturated carbocycles. The topological polar surface area (TPSA) is 40.0 Å². The van der Waals surface area contributed by atoms with Gasteiger partial charge < -0.3 is 4.52 Å². The Kier molecular flexibility index (Phi) is 4.63. The molecule has 1 aromatic carbocycles. The van der Waals surface area contributed by atoms with E-state index in [4.69, 9.17) is 18.3 Å². The Morgan fingerprint density at radius 1 is 1.00 bits per heavy atom. The van der Waals surface area contributed by atoms with Crippen LogP contribution >= 0.6 is 7.74 Å². The summed E-state index contributed by atoms with van der Waals surface area (Å²) in [5, 5.41) is 0. The second-order valence-corrected chi connectivity index (χ2v) is 9.70. The quantitative estimate of drug-likeness (QED) is 0.646. The molecule has 22 heavy (non-hydrogen) atoms. The molecule has 0 N–H and O–H groups in total. The van der Waals surface area contributed by atoms with Gasteiger partial charge in [0.05, 0.1) is 12.3 Å². The summed E-state index contributed by atoms with van der Waals surface area (Å²) in [6.07, 6.45) is 0. The van der Waals surface area contributed by atoms with Crippen molar-refractivity contribution >= 4 is 13.4 Å². The fraction of sp³-hybridized carbons (Fsp3) is 0.647. The first kappa shape index (κ1) is 17.7. The maximum Gasteiger partial charge on any atom is 0.361 e. The standard InChI is InChI=1S/C17H28NO3P/c1-15(2,3)13-19-22(18-14-11-9-8-10-12-14)20-16(4,5)17(6,7)21-22/h8-12H,13H2,1-7H3. The fourth-order valence-electron chi connectivity index (χ4n) is 1.85. The highest BCUT2D eigenvalue weighted by molar-refractivity contribution is 7.51. The van der Waals surface area contributed by atoms with E-state index in [0.29, 0.717) is 6.61 Å². The van der Waals surface area contributed by atoms with Crippen LogP contribution in [0.2, 0.25) is 0 Å². The van der Waals surface area contributed by atoms with Crippen molar-refractivity contribution in [2.45, 2.75) is 59.7 Å². The SMILES string of the molecule is CC(C)(C)COP1(=Nc2ccccc2)OC(C)(C)C(C)(C)O1. The number of hydrogen-bond donors (Lipinski definition) is 0. The van der Waals surface area contributed by atoms with E-state index in [-0.39, 0.29) is 5.41 Å². The first-order valence-electron chi connectivity index (χ1n) is 7.68. The number of benzene rings is 1. The second-order valence-electron chi connectivity index (χ2n) is 7.94. The van der Waals surface area contributed by atoms with Gasteiger partial charge in [-0.2, -0.15) is 4.74 Å². The molecule has 0 radical (unpaired) electrons. The van der Waals surface area contributed by atoms with Gasteiger partial charge in [0, 0.05) is 0 Å². The van der Waals surface area contributed by atoms with Crippen molar-refractivity contribution in [3.63, 3.8) is 0 Å². The Morgan fingerprint density at radius 3 is 1.95 bits per heavy atom. The lowest BCUT2D eigenvalue weighted by Crippen LogP contribution is -2.41. The van der Waals surface area contributed by atoms with Crippen molar-refractivity contribution in [1.29, 1.82) is 0 Å². The van der Waals surface area contributed by atoms with E-state index in [1.54, 1.807) is 0 Å². The van der Waals surface area contributed by atoms with Crippen LogP contribution in [0.15, 0.2) is 35.1 Å². The van der Waals surface area contributed by atoms with Gasteiger partial charge >= 0.3 is 7.74 Å². The summed E-state index contributed by atoms with van der Waals surface area (Å²) in [4.78, 5) is 0. The van der Waals surface area contributed by atoms with E-state index in [1.165, 1.54) is 0 Å². The third-order valence-corrected chi connectivity index (χ3v) is 6.10. The molecule has 1 aliphatic rings. The molecule has 0 unspecified atom stereocenters. The minimum Gasteiger partial charge on any atom is -0.302 e. The molecular formula is C17H28NO3P. The molecule has 1 aliphatic heterocycles. The summed E-state index contributed by atoms with van der Waals surface area (Å²) in [5.74, 6) is 0. The summed E-state index contributed by atoms with van der Waals surface area (Å²) in [7, 11) is -2.78. The van der Waals surface area contributed by atoms with Gasteiger partial charge in [0.15, 0.2) is 0 Å². The maximum absolute atomic E-state index is 6.25. The smallest absolute Gasteiger partial charge is 0.302 e. The van der Waals surface area contributed by atoms with Gasteiger partial charge in [-0.05, 0) is 45.2 Å². The largest absolute Gasteiger partial charge is 0.361 e. The normalized spacial score (nSPS) is 22.5. The molecule has 0 aromatic heterocycles. The first-order chi connectivity index (χ1) is 9.95. The minimum absolute atomic E-state index is 0.0167. The van der Waals surface area contributed by atoms with E-state index in [0.717, 1.165) is 5.69 Å². The Hall–Kier alpha value is -0.670. The third kappa shape index (κ3) is 3.99. The van der Waals surface area contributed by atoms with Gasteiger partial charge in [0.1, 0.15) is 11.2 Å². The molecule has 1 heterocycles. The maximum atomic E-state index is 6.25. The molecule has 0 amide bonds. The van der Waals surface area contributed by atoms with Crippen LogP contribution < -0.4 is 0 Å². The van der Waals surface area contributed by atoms with Gasteiger partial charge in [0.2, 0.25) is 0 Å². The first-order valence-corrected chi connectivity index (χ1v) is 9.18. The van der Waals surface area contributed by atoms with Gasteiger partial charge in [-0.15, -0.1) is 0 Å².